The van der Waals surface area contributed by atoms with Crippen LogP contribution < -0.4 is 5.32 Å². The molecule has 2 unspecified atom stereocenters. The van der Waals surface area contributed by atoms with Gasteiger partial charge in [-0.1, -0.05) is 17.7 Å². The van der Waals surface area contributed by atoms with Gasteiger partial charge in [0.2, 0.25) is 0 Å². The van der Waals surface area contributed by atoms with Gasteiger partial charge in [-0.05, 0) is 19.1 Å². The van der Waals surface area contributed by atoms with Crippen molar-refractivity contribution in [3.05, 3.63) is 62.5 Å². The van der Waals surface area contributed by atoms with Gasteiger partial charge < -0.3 is 19.9 Å². The molecule has 1 saturated heterocycles. The van der Waals surface area contributed by atoms with E-state index in [0.717, 1.165) is 6.07 Å². The summed E-state index contributed by atoms with van der Waals surface area (Å²) in [5, 5.41) is 14.1. The number of thiazole rings is 1. The summed E-state index contributed by atoms with van der Waals surface area (Å²) in [5.74, 6) is -5.90. The Balaban J connectivity index is 1.72. The van der Waals surface area contributed by atoms with Crippen LogP contribution in [0.3, 0.4) is 0 Å². The molecular weight excluding hydrogens is 561 g/mol. The number of rotatable bonds is 10. The lowest BCUT2D eigenvalue weighted by Gasteiger charge is -2.39. The standard InChI is InChI=1S/C25H26ClF3N4O5S/c1-2-38-24(36)20-18(10-33-9-14(8-25(28,29)13-33)11-37-12-19(34)35)31-22(23-30-5-6-39-23)32-21(20)16-4-3-15(27)7-17(16)26/h3-7,14,21H,2,8-13H2,1H3,(H,31,32)(H,34,35). The molecule has 3 heterocycles. The van der Waals surface area contributed by atoms with Crippen LogP contribution in [-0.2, 0) is 19.1 Å². The molecule has 1 aromatic carbocycles. The van der Waals surface area contributed by atoms with Gasteiger partial charge in [0.25, 0.3) is 5.92 Å². The molecule has 0 amide bonds. The fourth-order valence-electron chi connectivity index (χ4n) is 4.64. The summed E-state index contributed by atoms with van der Waals surface area (Å²) in [6, 6.07) is 2.69. The van der Waals surface area contributed by atoms with E-state index in [1.54, 1.807) is 18.5 Å². The summed E-state index contributed by atoms with van der Waals surface area (Å²) in [5.41, 5.74) is 0.651. The first-order valence-electron chi connectivity index (χ1n) is 12.1. The molecule has 1 aromatic heterocycles. The Labute approximate surface area is 231 Å². The monoisotopic (exact) mass is 586 g/mol. The lowest BCUT2D eigenvalue weighted by molar-refractivity contribution is -0.144. The highest BCUT2D eigenvalue weighted by Gasteiger charge is 2.42. The average Bonchev–Trinajstić information content (AvgIpc) is 3.38. The second-order valence-corrected chi connectivity index (χ2v) is 10.4. The number of carbonyl (C=O) groups is 2. The van der Waals surface area contributed by atoms with Crippen molar-refractivity contribution >= 4 is 40.7 Å². The number of amidine groups is 1. The molecule has 2 aliphatic rings. The van der Waals surface area contributed by atoms with Gasteiger partial charge in [-0.2, -0.15) is 0 Å². The van der Waals surface area contributed by atoms with Crippen LogP contribution in [0.1, 0.15) is 30.0 Å². The predicted octanol–water partition coefficient (Wildman–Crippen LogP) is 3.90. The molecule has 2 N–H and O–H groups in total. The number of hydrogen-bond donors (Lipinski definition) is 2. The third kappa shape index (κ3) is 7.35. The summed E-state index contributed by atoms with van der Waals surface area (Å²) in [7, 11) is 0. The first-order chi connectivity index (χ1) is 18.6. The highest BCUT2D eigenvalue weighted by molar-refractivity contribution is 7.11. The Morgan fingerprint density at radius 2 is 2.15 bits per heavy atom. The van der Waals surface area contributed by atoms with Crippen molar-refractivity contribution in [2.75, 3.05) is 39.5 Å². The number of aromatic nitrogens is 1. The second-order valence-electron chi connectivity index (χ2n) is 9.13. The zero-order valence-corrected chi connectivity index (χ0v) is 22.4. The first-order valence-corrected chi connectivity index (χ1v) is 13.3. The van der Waals surface area contributed by atoms with Gasteiger partial charge >= 0.3 is 11.9 Å². The van der Waals surface area contributed by atoms with Gasteiger partial charge in [0.15, 0.2) is 10.8 Å². The van der Waals surface area contributed by atoms with E-state index in [4.69, 9.17) is 26.2 Å². The number of benzene rings is 1. The van der Waals surface area contributed by atoms with Crippen LogP contribution in [0.15, 0.2) is 46.0 Å². The van der Waals surface area contributed by atoms with Gasteiger partial charge in [-0.25, -0.2) is 27.7 Å². The molecule has 210 valence electrons. The minimum Gasteiger partial charge on any atom is -0.480 e. The molecule has 0 spiro atoms. The van der Waals surface area contributed by atoms with Crippen molar-refractivity contribution < 1.29 is 37.3 Å². The zero-order chi connectivity index (χ0) is 28.2. The number of ether oxygens (including phenoxy) is 2. The molecule has 2 aromatic rings. The van der Waals surface area contributed by atoms with Gasteiger partial charge in [-0.3, -0.25) is 9.89 Å². The maximum atomic E-state index is 14.7. The van der Waals surface area contributed by atoms with Crippen molar-refractivity contribution in [1.82, 2.24) is 15.2 Å². The number of carbonyl (C=O) groups excluding carboxylic acids is 1. The second kappa shape index (κ2) is 12.5. The van der Waals surface area contributed by atoms with E-state index in [-0.39, 0.29) is 42.6 Å². The Morgan fingerprint density at radius 3 is 2.82 bits per heavy atom. The van der Waals surface area contributed by atoms with Crippen LogP contribution in [0, 0.1) is 11.7 Å². The fraction of sp³-hybridized carbons (Fsp3) is 0.440. The minimum atomic E-state index is -3.07. The zero-order valence-electron chi connectivity index (χ0n) is 20.8. The number of aliphatic imine (C=N–C) groups is 1. The number of nitrogens with zero attached hydrogens (tertiary/aromatic N) is 3. The third-order valence-electron chi connectivity index (χ3n) is 6.03. The van der Waals surface area contributed by atoms with Gasteiger partial charge in [0.05, 0.1) is 25.3 Å². The number of carboxylic acid groups (broad SMARTS) is 1. The van der Waals surface area contributed by atoms with Crippen LogP contribution in [0.4, 0.5) is 13.2 Å². The van der Waals surface area contributed by atoms with E-state index in [0.29, 0.717) is 16.4 Å². The predicted molar refractivity (Wildman–Crippen MR) is 138 cm³/mol. The molecular formula is C25H26ClF3N4O5S. The van der Waals surface area contributed by atoms with E-state index in [9.17, 15) is 22.8 Å². The van der Waals surface area contributed by atoms with Gasteiger partial charge in [-0.15, -0.1) is 11.3 Å². The van der Waals surface area contributed by atoms with Crippen LogP contribution in [0.2, 0.25) is 5.02 Å². The molecule has 0 saturated carbocycles. The number of nitrogens with one attached hydrogen (secondary N) is 1. The highest BCUT2D eigenvalue weighted by Crippen LogP contribution is 2.38. The summed E-state index contributed by atoms with van der Waals surface area (Å²) in [4.78, 5) is 34.4. The fourth-order valence-corrected chi connectivity index (χ4v) is 5.50. The Bertz CT molecular complexity index is 1270. The van der Waals surface area contributed by atoms with Gasteiger partial charge in [0.1, 0.15) is 18.5 Å². The Hall–Kier alpha value is -3.00. The molecule has 14 heteroatoms. The maximum Gasteiger partial charge on any atom is 0.338 e. The number of esters is 1. The number of piperidine rings is 1. The van der Waals surface area contributed by atoms with Gasteiger partial charge in [0, 0.05) is 53.3 Å². The Morgan fingerprint density at radius 1 is 1.36 bits per heavy atom. The van der Waals surface area contributed by atoms with Crippen LogP contribution in [-0.4, -0.2) is 78.1 Å². The molecule has 2 atom stereocenters. The van der Waals surface area contributed by atoms with Crippen molar-refractivity contribution in [1.29, 1.82) is 0 Å². The summed E-state index contributed by atoms with van der Waals surface area (Å²) >= 11 is 7.65. The number of halogens is 4. The molecule has 2 aliphatic heterocycles. The normalized spacial score (nSPS) is 21.3. The first kappa shape index (κ1) is 29.0. The minimum absolute atomic E-state index is 0.0328. The molecule has 0 bridgehead atoms. The van der Waals surface area contributed by atoms with Crippen LogP contribution in [0.5, 0.6) is 0 Å². The van der Waals surface area contributed by atoms with E-state index in [2.05, 4.69) is 15.3 Å². The summed E-state index contributed by atoms with van der Waals surface area (Å²) in [6.07, 6.45) is 1.11. The maximum absolute atomic E-state index is 14.7. The number of hydrogen-bond acceptors (Lipinski definition) is 9. The Kier molecular flexibility index (Phi) is 9.26. The molecule has 4 rings (SSSR count). The van der Waals surface area contributed by atoms with Crippen molar-refractivity contribution in [3.8, 4) is 0 Å². The van der Waals surface area contributed by atoms with Crippen molar-refractivity contribution in [3.63, 3.8) is 0 Å². The van der Waals surface area contributed by atoms with E-state index < -0.39 is 55.2 Å². The quantitative estimate of drug-likeness (QED) is 0.403. The third-order valence-corrected chi connectivity index (χ3v) is 7.14. The SMILES string of the molecule is CCOC(=O)C1=C(CN2CC(COCC(=O)O)CC(F)(F)C2)NC(c2nccs2)=NC1c1ccc(F)cc1Cl. The number of aliphatic carboxylic acids is 1. The van der Waals surface area contributed by atoms with E-state index in [1.807, 2.05) is 0 Å². The summed E-state index contributed by atoms with van der Waals surface area (Å²) < 4.78 is 53.7. The van der Waals surface area contributed by atoms with E-state index >= 15 is 0 Å². The van der Waals surface area contributed by atoms with Crippen molar-refractivity contribution in [2.45, 2.75) is 25.3 Å². The van der Waals surface area contributed by atoms with Crippen LogP contribution >= 0.6 is 22.9 Å². The molecule has 39 heavy (non-hydrogen) atoms. The lowest BCUT2D eigenvalue weighted by atomic mass is 9.93. The smallest absolute Gasteiger partial charge is 0.338 e. The number of carboxylic acids is 1. The number of likely N-dealkylation sites (tertiary alicyclic amines) is 1. The highest BCUT2D eigenvalue weighted by atomic mass is 35.5. The molecule has 0 radical (unpaired) electrons. The largest absolute Gasteiger partial charge is 0.480 e. The van der Waals surface area contributed by atoms with E-state index in [1.165, 1.54) is 28.4 Å². The van der Waals surface area contributed by atoms with Crippen LogP contribution in [0.25, 0.3) is 0 Å². The topological polar surface area (TPSA) is 113 Å². The molecule has 9 nitrogen and oxygen atoms in total. The average molecular weight is 587 g/mol. The number of alkyl halides is 2. The molecule has 0 aliphatic carbocycles. The summed E-state index contributed by atoms with van der Waals surface area (Å²) in [6.45, 7) is 0.403. The lowest BCUT2D eigenvalue weighted by Crippen LogP contribution is -2.50. The van der Waals surface area contributed by atoms with Crippen molar-refractivity contribution in [2.24, 2.45) is 10.9 Å². The molecule has 1 fully saturated rings.